The van der Waals surface area contributed by atoms with Crippen molar-refractivity contribution in [3.8, 4) is 11.3 Å². The fraction of sp³-hybridized carbons (Fsp3) is 0.0833. The highest BCUT2D eigenvalue weighted by Crippen LogP contribution is 2.27. The number of benzene rings is 1. The van der Waals surface area contributed by atoms with E-state index in [1.807, 2.05) is 0 Å². The van der Waals surface area contributed by atoms with Gasteiger partial charge >= 0.3 is 0 Å². The number of aromatic nitrogens is 1. The van der Waals surface area contributed by atoms with Gasteiger partial charge in [-0.15, -0.1) is 0 Å². The molecule has 0 amide bonds. The van der Waals surface area contributed by atoms with Gasteiger partial charge in [0.2, 0.25) is 0 Å². The van der Waals surface area contributed by atoms with Crippen LogP contribution in [0.15, 0.2) is 30.5 Å². The number of pyridine rings is 1. The minimum absolute atomic E-state index is 0.132. The Morgan fingerprint density at radius 1 is 1.19 bits per heavy atom. The molecule has 2 nitrogen and oxygen atoms in total. The van der Waals surface area contributed by atoms with E-state index in [-0.39, 0.29) is 11.3 Å². The molecule has 0 saturated heterocycles. The lowest BCUT2D eigenvalue weighted by Gasteiger charge is -2.07. The summed E-state index contributed by atoms with van der Waals surface area (Å²) in [5.74, 6) is -1.24. The molecule has 82 valence electrons. The van der Waals surface area contributed by atoms with Gasteiger partial charge in [0.1, 0.15) is 11.6 Å². The Hall–Kier alpha value is -1.97. The van der Waals surface area contributed by atoms with Crippen LogP contribution >= 0.6 is 0 Å². The summed E-state index contributed by atoms with van der Waals surface area (Å²) in [4.78, 5) is 3.91. The monoisotopic (exact) mass is 220 g/mol. The van der Waals surface area contributed by atoms with Crippen LogP contribution < -0.4 is 5.73 Å². The van der Waals surface area contributed by atoms with Gasteiger partial charge in [-0.2, -0.15) is 0 Å². The third-order valence-electron chi connectivity index (χ3n) is 2.32. The molecule has 1 aromatic carbocycles. The fourth-order valence-corrected chi connectivity index (χ4v) is 1.48. The molecule has 1 heterocycles. The Morgan fingerprint density at radius 3 is 2.62 bits per heavy atom. The molecule has 0 spiro atoms. The van der Waals surface area contributed by atoms with Crippen LogP contribution in [0.3, 0.4) is 0 Å². The molecule has 0 aliphatic rings. The van der Waals surface area contributed by atoms with Crippen molar-refractivity contribution in [1.82, 2.24) is 4.98 Å². The number of aryl methyl sites for hydroxylation is 1. The number of nitrogen functional groups attached to an aromatic ring is 1. The smallest absolute Gasteiger partial charge is 0.138 e. The van der Waals surface area contributed by atoms with Gasteiger partial charge < -0.3 is 5.73 Å². The molecular weight excluding hydrogens is 210 g/mol. The number of halogens is 2. The maximum absolute atomic E-state index is 13.8. The zero-order valence-electron chi connectivity index (χ0n) is 8.67. The molecule has 1 aromatic heterocycles. The van der Waals surface area contributed by atoms with Crippen LogP contribution in [-0.4, -0.2) is 4.98 Å². The largest absolute Gasteiger partial charge is 0.399 e. The van der Waals surface area contributed by atoms with Crippen LogP contribution in [0.2, 0.25) is 0 Å². The first-order chi connectivity index (χ1) is 7.59. The second kappa shape index (κ2) is 3.89. The van der Waals surface area contributed by atoms with Crippen molar-refractivity contribution >= 4 is 5.69 Å². The summed E-state index contributed by atoms with van der Waals surface area (Å²) in [6.45, 7) is 1.57. The highest BCUT2D eigenvalue weighted by molar-refractivity contribution is 5.65. The molecule has 2 N–H and O–H groups in total. The third-order valence-corrected chi connectivity index (χ3v) is 2.32. The lowest BCUT2D eigenvalue weighted by Crippen LogP contribution is -1.96. The Morgan fingerprint density at radius 2 is 1.94 bits per heavy atom. The minimum atomic E-state index is -0.638. The van der Waals surface area contributed by atoms with Crippen molar-refractivity contribution in [2.75, 3.05) is 5.73 Å². The third kappa shape index (κ3) is 1.74. The van der Waals surface area contributed by atoms with E-state index in [0.717, 1.165) is 0 Å². The minimum Gasteiger partial charge on any atom is -0.399 e. The number of nitrogens with two attached hydrogens (primary N) is 1. The fourth-order valence-electron chi connectivity index (χ4n) is 1.48. The Bertz CT molecular complexity index is 539. The van der Waals surface area contributed by atoms with Crippen molar-refractivity contribution in [3.63, 3.8) is 0 Å². The summed E-state index contributed by atoms with van der Waals surface area (Å²) in [7, 11) is 0. The first-order valence-electron chi connectivity index (χ1n) is 4.76. The lowest BCUT2D eigenvalue weighted by molar-refractivity contribution is 0.583. The average Bonchev–Trinajstić information content (AvgIpc) is 2.24. The van der Waals surface area contributed by atoms with Crippen molar-refractivity contribution in [2.45, 2.75) is 6.92 Å². The topological polar surface area (TPSA) is 38.9 Å². The molecule has 0 fully saturated rings. The summed E-state index contributed by atoms with van der Waals surface area (Å²) in [6, 6.07) is 5.62. The summed E-state index contributed by atoms with van der Waals surface area (Å²) < 4.78 is 27.3. The summed E-state index contributed by atoms with van der Waals surface area (Å²) >= 11 is 0. The Kier molecular flexibility index (Phi) is 2.56. The van der Waals surface area contributed by atoms with Gasteiger partial charge in [0.15, 0.2) is 0 Å². The van der Waals surface area contributed by atoms with E-state index in [2.05, 4.69) is 4.98 Å². The van der Waals surface area contributed by atoms with Crippen LogP contribution in [0.4, 0.5) is 14.5 Å². The predicted octanol–water partition coefficient (Wildman–Crippen LogP) is 2.92. The van der Waals surface area contributed by atoms with E-state index >= 15 is 0 Å². The molecule has 0 atom stereocenters. The zero-order chi connectivity index (χ0) is 11.7. The van der Waals surface area contributed by atoms with Gasteiger partial charge in [0.05, 0.1) is 11.3 Å². The van der Waals surface area contributed by atoms with E-state index < -0.39 is 11.6 Å². The second-order valence-corrected chi connectivity index (χ2v) is 3.53. The van der Waals surface area contributed by atoms with Crippen LogP contribution in [0.25, 0.3) is 11.3 Å². The maximum atomic E-state index is 13.8. The summed E-state index contributed by atoms with van der Waals surface area (Å²) in [5, 5.41) is 0. The number of rotatable bonds is 1. The SMILES string of the molecule is Cc1ccc(F)c(-c2cc(N)ccn2)c1F. The molecule has 0 radical (unpaired) electrons. The number of anilines is 1. The van der Waals surface area contributed by atoms with Crippen LogP contribution in [0.1, 0.15) is 5.56 Å². The van der Waals surface area contributed by atoms with Crippen molar-refractivity contribution in [1.29, 1.82) is 0 Å². The van der Waals surface area contributed by atoms with E-state index in [1.54, 1.807) is 13.0 Å². The number of hydrogen-bond acceptors (Lipinski definition) is 2. The van der Waals surface area contributed by atoms with Crippen molar-refractivity contribution < 1.29 is 8.78 Å². The summed E-state index contributed by atoms with van der Waals surface area (Å²) in [6.07, 6.45) is 1.42. The van der Waals surface area contributed by atoms with E-state index in [0.29, 0.717) is 11.3 Å². The van der Waals surface area contributed by atoms with Crippen LogP contribution in [0, 0.1) is 18.6 Å². The van der Waals surface area contributed by atoms with Gasteiger partial charge in [-0.25, -0.2) is 8.78 Å². The molecule has 0 aliphatic heterocycles. The molecule has 0 unspecified atom stereocenters. The predicted molar refractivity (Wildman–Crippen MR) is 58.7 cm³/mol. The zero-order valence-corrected chi connectivity index (χ0v) is 8.67. The first kappa shape index (κ1) is 10.5. The van der Waals surface area contributed by atoms with Crippen molar-refractivity contribution in [3.05, 3.63) is 47.7 Å². The van der Waals surface area contributed by atoms with E-state index in [9.17, 15) is 8.78 Å². The quantitative estimate of drug-likeness (QED) is 0.802. The van der Waals surface area contributed by atoms with Gasteiger partial charge in [-0.1, -0.05) is 6.07 Å². The van der Waals surface area contributed by atoms with E-state index in [1.165, 1.54) is 24.4 Å². The Labute approximate surface area is 91.7 Å². The van der Waals surface area contributed by atoms with Crippen molar-refractivity contribution in [2.24, 2.45) is 0 Å². The van der Waals surface area contributed by atoms with Gasteiger partial charge in [-0.05, 0) is 30.7 Å². The first-order valence-corrected chi connectivity index (χ1v) is 4.76. The molecular formula is C12H10F2N2. The average molecular weight is 220 g/mol. The molecule has 0 bridgehead atoms. The number of hydrogen-bond donors (Lipinski definition) is 1. The summed E-state index contributed by atoms with van der Waals surface area (Å²) in [5.41, 5.74) is 6.42. The second-order valence-electron chi connectivity index (χ2n) is 3.53. The lowest BCUT2D eigenvalue weighted by atomic mass is 10.1. The molecule has 4 heteroatoms. The molecule has 16 heavy (non-hydrogen) atoms. The van der Waals surface area contributed by atoms with E-state index in [4.69, 9.17) is 5.73 Å². The highest BCUT2D eigenvalue weighted by atomic mass is 19.1. The number of nitrogens with zero attached hydrogens (tertiary/aromatic N) is 1. The maximum Gasteiger partial charge on any atom is 0.138 e. The van der Waals surface area contributed by atoms with Gasteiger partial charge in [0.25, 0.3) is 0 Å². The van der Waals surface area contributed by atoms with Gasteiger partial charge in [-0.3, -0.25) is 4.98 Å². The highest BCUT2D eigenvalue weighted by Gasteiger charge is 2.14. The molecule has 2 rings (SSSR count). The molecule has 0 aliphatic carbocycles. The molecule has 2 aromatic rings. The Balaban J connectivity index is 2.68. The van der Waals surface area contributed by atoms with Gasteiger partial charge in [0, 0.05) is 11.9 Å². The molecule has 0 saturated carbocycles. The standard InChI is InChI=1S/C12H10F2N2/c1-7-2-3-9(13)11(12(7)14)10-6-8(15)4-5-16-10/h2-6H,1H3,(H2,15,16). The van der Waals surface area contributed by atoms with Crippen LogP contribution in [-0.2, 0) is 0 Å². The normalized spacial score (nSPS) is 10.4. The van der Waals surface area contributed by atoms with Crippen LogP contribution in [0.5, 0.6) is 0 Å².